The van der Waals surface area contributed by atoms with Gasteiger partial charge in [0.05, 0.1) is 24.9 Å². The van der Waals surface area contributed by atoms with Crippen LogP contribution in [-0.2, 0) is 0 Å². The van der Waals surface area contributed by atoms with E-state index in [1.165, 1.54) is 6.20 Å². The maximum absolute atomic E-state index is 14.8. The van der Waals surface area contributed by atoms with E-state index in [0.717, 1.165) is 44.5 Å². The first kappa shape index (κ1) is 20.9. The molecule has 2 aliphatic rings. The molecular weight excluding hydrogens is 383 g/mol. The van der Waals surface area contributed by atoms with Crippen LogP contribution in [0.2, 0.25) is 0 Å². The Morgan fingerprint density at radius 1 is 1.33 bits per heavy atom. The Morgan fingerprint density at radius 3 is 2.90 bits per heavy atom. The fraction of sp³-hybridized carbons (Fsp3) is 0.478. The van der Waals surface area contributed by atoms with Crippen molar-refractivity contribution in [3.05, 3.63) is 48.1 Å². The number of methoxy groups -OCH3 is 1. The van der Waals surface area contributed by atoms with Crippen molar-refractivity contribution < 1.29 is 14.2 Å². The molecule has 2 aromatic rings. The van der Waals surface area contributed by atoms with Crippen LogP contribution >= 0.6 is 0 Å². The third-order valence-corrected chi connectivity index (χ3v) is 5.98. The van der Waals surface area contributed by atoms with Gasteiger partial charge in [0.15, 0.2) is 0 Å². The highest BCUT2D eigenvalue weighted by Gasteiger charge is 2.27. The zero-order valence-corrected chi connectivity index (χ0v) is 17.4. The summed E-state index contributed by atoms with van der Waals surface area (Å²) in [6, 6.07) is 5.66. The molecule has 30 heavy (non-hydrogen) atoms. The summed E-state index contributed by atoms with van der Waals surface area (Å²) in [6.07, 6.45) is 8.07. The predicted octanol–water partition coefficient (Wildman–Crippen LogP) is 3.22. The lowest BCUT2D eigenvalue weighted by molar-refractivity contribution is 0.0846. The maximum atomic E-state index is 14.8. The zero-order valence-electron chi connectivity index (χ0n) is 17.4. The molecule has 0 spiro atoms. The van der Waals surface area contributed by atoms with Crippen molar-refractivity contribution in [1.82, 2.24) is 15.2 Å². The second-order valence-corrected chi connectivity index (χ2v) is 7.95. The molecule has 0 radical (unpaired) electrons. The van der Waals surface area contributed by atoms with E-state index in [9.17, 15) is 9.50 Å². The van der Waals surface area contributed by atoms with Crippen molar-refractivity contribution in [2.75, 3.05) is 33.3 Å². The minimum atomic E-state index is -0.975. The Bertz CT molecular complexity index is 940. The van der Waals surface area contributed by atoms with Gasteiger partial charge in [0.2, 0.25) is 0 Å². The first-order valence-electron chi connectivity index (χ1n) is 10.6. The highest BCUT2D eigenvalue weighted by molar-refractivity contribution is 5.87. The van der Waals surface area contributed by atoms with Gasteiger partial charge in [-0.15, -0.1) is 0 Å². The molecule has 0 amide bonds. The number of benzene rings is 1. The Balaban J connectivity index is 1.63. The average molecular weight is 413 g/mol. The van der Waals surface area contributed by atoms with Gasteiger partial charge >= 0.3 is 0 Å². The van der Waals surface area contributed by atoms with Gasteiger partial charge < -0.3 is 15.2 Å². The number of aromatic nitrogens is 1. The number of fused-ring (bicyclic) bond motifs is 1. The summed E-state index contributed by atoms with van der Waals surface area (Å²) in [7, 11) is 1.57. The Labute approximate surface area is 176 Å². The van der Waals surface area contributed by atoms with Gasteiger partial charge in [-0.25, -0.2) is 4.39 Å². The second-order valence-electron chi connectivity index (χ2n) is 7.95. The molecule has 3 heterocycles. The number of nitrogens with one attached hydrogen (secondary N) is 1. The zero-order chi connectivity index (χ0) is 20.9. The molecule has 0 bridgehead atoms. The van der Waals surface area contributed by atoms with Crippen molar-refractivity contribution in [2.45, 2.75) is 37.8 Å². The monoisotopic (exact) mass is 412 g/mol. The smallest absolute Gasteiger partial charge is 0.147 e. The minimum absolute atomic E-state index is 0.281. The van der Waals surface area contributed by atoms with Crippen molar-refractivity contribution >= 4 is 16.6 Å². The van der Waals surface area contributed by atoms with Crippen LogP contribution in [0.25, 0.3) is 10.9 Å². The van der Waals surface area contributed by atoms with Gasteiger partial charge in [-0.2, -0.15) is 0 Å². The van der Waals surface area contributed by atoms with Crippen LogP contribution in [0.3, 0.4) is 0 Å². The normalized spacial score (nSPS) is 18.6. The molecule has 1 atom stereocenters. The lowest BCUT2D eigenvalue weighted by atomic mass is 9.99. The van der Waals surface area contributed by atoms with Gasteiger partial charge in [0.1, 0.15) is 11.6 Å². The van der Waals surface area contributed by atoms with Gasteiger partial charge in [-0.1, -0.05) is 6.08 Å². The molecular formula is C23H29FN4O2. The fourth-order valence-corrected chi connectivity index (χ4v) is 4.36. The van der Waals surface area contributed by atoms with Crippen LogP contribution in [0.5, 0.6) is 5.75 Å². The van der Waals surface area contributed by atoms with E-state index in [0.29, 0.717) is 35.8 Å². The molecule has 4 rings (SSSR count). The average Bonchev–Trinajstić information content (AvgIpc) is 2.79. The number of aliphatic hydroxyl groups excluding tert-OH is 1. The number of aliphatic hydroxyl groups is 1. The van der Waals surface area contributed by atoms with Gasteiger partial charge in [0, 0.05) is 42.0 Å². The van der Waals surface area contributed by atoms with Crippen molar-refractivity contribution in [3.63, 3.8) is 0 Å². The van der Waals surface area contributed by atoms with E-state index >= 15 is 0 Å². The molecule has 0 aliphatic carbocycles. The van der Waals surface area contributed by atoms with E-state index in [1.807, 2.05) is 6.20 Å². The molecule has 1 aromatic heterocycles. The largest absolute Gasteiger partial charge is 0.497 e. The Kier molecular flexibility index (Phi) is 6.72. The summed E-state index contributed by atoms with van der Waals surface area (Å²) in [5, 5.41) is 15.2. The number of piperidine rings is 1. The summed E-state index contributed by atoms with van der Waals surface area (Å²) >= 11 is 0. The number of hydrogen-bond acceptors (Lipinski definition) is 6. The lowest BCUT2D eigenvalue weighted by Gasteiger charge is -2.36. The summed E-state index contributed by atoms with van der Waals surface area (Å²) < 4.78 is 20.1. The second kappa shape index (κ2) is 9.64. The first-order chi connectivity index (χ1) is 14.7. The minimum Gasteiger partial charge on any atom is -0.497 e. The van der Waals surface area contributed by atoms with Crippen LogP contribution in [-0.4, -0.2) is 60.0 Å². The number of pyridine rings is 1. The standard InChI is InChI=1S/C23H29FN4O2/c1-30-18-5-6-21-19(12-18)23(20(24)13-27-21)22(29)15-28(17-7-10-25-11-8-17)14-16-4-2-3-9-26-16/h3,5-6,9,12-13,17,22,25,29H,2,4,7-8,10-11,14-15H2,1H3/t22-/m0/s1. The third kappa shape index (κ3) is 4.69. The number of halogens is 1. The molecule has 7 heteroatoms. The highest BCUT2D eigenvalue weighted by atomic mass is 19.1. The van der Waals surface area contributed by atoms with Crippen molar-refractivity contribution in [2.24, 2.45) is 4.99 Å². The van der Waals surface area contributed by atoms with Crippen LogP contribution in [0.1, 0.15) is 37.4 Å². The molecule has 1 saturated heterocycles. The first-order valence-corrected chi connectivity index (χ1v) is 10.6. The lowest BCUT2D eigenvalue weighted by Crippen LogP contribution is -2.47. The Morgan fingerprint density at radius 2 is 2.17 bits per heavy atom. The quantitative estimate of drug-likeness (QED) is 0.731. The molecule has 1 aromatic carbocycles. The number of ether oxygens (including phenoxy) is 1. The topological polar surface area (TPSA) is 70.0 Å². The summed E-state index contributed by atoms with van der Waals surface area (Å²) in [5.74, 6) is 0.119. The number of nitrogens with zero attached hydrogens (tertiary/aromatic N) is 3. The summed E-state index contributed by atoms with van der Waals surface area (Å²) in [4.78, 5) is 11.0. The van der Waals surface area contributed by atoms with Gasteiger partial charge in [0.25, 0.3) is 0 Å². The van der Waals surface area contributed by atoms with E-state index in [2.05, 4.69) is 26.3 Å². The van der Waals surface area contributed by atoms with Crippen LogP contribution < -0.4 is 10.1 Å². The molecule has 1 fully saturated rings. The molecule has 0 saturated carbocycles. The van der Waals surface area contributed by atoms with E-state index in [4.69, 9.17) is 4.74 Å². The van der Waals surface area contributed by atoms with E-state index < -0.39 is 11.9 Å². The van der Waals surface area contributed by atoms with Crippen LogP contribution in [0, 0.1) is 5.82 Å². The third-order valence-electron chi connectivity index (χ3n) is 5.98. The summed E-state index contributed by atoms with van der Waals surface area (Å²) in [5.41, 5.74) is 2.04. The maximum Gasteiger partial charge on any atom is 0.147 e. The predicted molar refractivity (Wildman–Crippen MR) is 116 cm³/mol. The van der Waals surface area contributed by atoms with Crippen molar-refractivity contribution in [3.8, 4) is 5.75 Å². The molecule has 2 N–H and O–H groups in total. The molecule has 6 nitrogen and oxygen atoms in total. The molecule has 160 valence electrons. The van der Waals surface area contributed by atoms with Crippen LogP contribution in [0.15, 0.2) is 41.7 Å². The SMILES string of the molecule is COc1ccc2ncc(F)c([C@@H](O)CN(CC3=NC=CCC3)C3CCNCC3)c2c1. The molecule has 2 aliphatic heterocycles. The fourth-order valence-electron chi connectivity index (χ4n) is 4.36. The van der Waals surface area contributed by atoms with Gasteiger partial charge in [-0.05, 0) is 57.0 Å². The van der Waals surface area contributed by atoms with Crippen molar-refractivity contribution in [1.29, 1.82) is 0 Å². The molecule has 0 unspecified atom stereocenters. The highest BCUT2D eigenvalue weighted by Crippen LogP contribution is 2.30. The number of aliphatic imine (C=N–C) groups is 1. The van der Waals surface area contributed by atoms with E-state index in [1.54, 1.807) is 25.3 Å². The number of rotatable bonds is 7. The van der Waals surface area contributed by atoms with Crippen LogP contribution in [0.4, 0.5) is 4.39 Å². The number of hydrogen-bond donors (Lipinski definition) is 2. The number of allylic oxidation sites excluding steroid dienone is 1. The van der Waals surface area contributed by atoms with Gasteiger partial charge in [-0.3, -0.25) is 14.9 Å². The summed E-state index contributed by atoms with van der Waals surface area (Å²) in [6.45, 7) is 2.95. The Hall–Kier alpha value is -2.35. The van der Waals surface area contributed by atoms with E-state index in [-0.39, 0.29) is 5.56 Å².